The lowest BCUT2D eigenvalue weighted by atomic mass is 10.2. The number of halogens is 1. The zero-order chi connectivity index (χ0) is 21.2. The van der Waals surface area contributed by atoms with Crippen molar-refractivity contribution in [2.75, 3.05) is 45.5 Å². The van der Waals surface area contributed by atoms with E-state index in [1.54, 1.807) is 19.2 Å². The number of nitrogens with zero attached hydrogens (tertiary/aromatic N) is 3. The van der Waals surface area contributed by atoms with Gasteiger partial charge < -0.3 is 9.64 Å². The molecule has 0 aliphatic carbocycles. The first-order valence-corrected chi connectivity index (χ1v) is 11.6. The van der Waals surface area contributed by atoms with Crippen molar-refractivity contribution < 1.29 is 17.9 Å². The SMILES string of the molecule is COc1cccc2sc(N(CCN(C)C)C(=O)c3ccccc3S(C)(=O)=O)nc12.Cl. The molecule has 0 saturated carbocycles. The van der Waals surface area contributed by atoms with Crippen LogP contribution in [-0.2, 0) is 9.84 Å². The van der Waals surface area contributed by atoms with Gasteiger partial charge in [-0.25, -0.2) is 13.4 Å². The smallest absolute Gasteiger partial charge is 0.261 e. The van der Waals surface area contributed by atoms with Crippen LogP contribution in [-0.4, -0.2) is 64.8 Å². The molecule has 0 radical (unpaired) electrons. The summed E-state index contributed by atoms with van der Waals surface area (Å²) in [6.45, 7) is 0.964. The van der Waals surface area contributed by atoms with E-state index in [4.69, 9.17) is 4.74 Å². The molecule has 1 aromatic heterocycles. The van der Waals surface area contributed by atoms with Gasteiger partial charge in [0.1, 0.15) is 11.3 Å². The molecule has 3 aromatic rings. The quantitative estimate of drug-likeness (QED) is 0.528. The van der Waals surface area contributed by atoms with Gasteiger partial charge in [0, 0.05) is 19.3 Å². The number of carbonyl (C=O) groups excluding carboxylic acids is 1. The van der Waals surface area contributed by atoms with Gasteiger partial charge in [-0.2, -0.15) is 0 Å². The van der Waals surface area contributed by atoms with Crippen LogP contribution in [0.25, 0.3) is 10.2 Å². The van der Waals surface area contributed by atoms with Crippen molar-refractivity contribution in [3.8, 4) is 5.75 Å². The number of fused-ring (bicyclic) bond motifs is 1. The van der Waals surface area contributed by atoms with E-state index < -0.39 is 15.7 Å². The molecule has 0 aliphatic heterocycles. The Kier molecular flexibility index (Phi) is 7.81. The van der Waals surface area contributed by atoms with E-state index in [1.165, 1.54) is 28.4 Å². The first kappa shape index (κ1) is 24.1. The fraction of sp³-hybridized carbons (Fsp3) is 0.300. The largest absolute Gasteiger partial charge is 0.494 e. The molecule has 1 amide bonds. The molecule has 0 fully saturated rings. The standard InChI is InChI=1S/C20H23N3O4S2.ClH/c1-22(2)12-13-23(19(24)14-8-5-6-11-17(14)29(4,25)26)20-21-18-15(27-3)9-7-10-16(18)28-20;/h5-11H,12-13H2,1-4H3;1H. The number of carbonyl (C=O) groups is 1. The summed E-state index contributed by atoms with van der Waals surface area (Å²) in [5, 5.41) is 0.500. The van der Waals surface area contributed by atoms with Crippen molar-refractivity contribution >= 4 is 54.8 Å². The van der Waals surface area contributed by atoms with Crippen molar-refractivity contribution in [3.63, 3.8) is 0 Å². The number of hydrogen-bond acceptors (Lipinski definition) is 7. The van der Waals surface area contributed by atoms with E-state index in [2.05, 4.69) is 4.98 Å². The number of hydrogen-bond donors (Lipinski definition) is 0. The zero-order valence-corrected chi connectivity index (χ0v) is 19.6. The topological polar surface area (TPSA) is 79.8 Å². The van der Waals surface area contributed by atoms with E-state index in [-0.39, 0.29) is 22.9 Å². The lowest BCUT2D eigenvalue weighted by molar-refractivity contribution is 0.0982. The number of anilines is 1. The van der Waals surface area contributed by atoms with Crippen molar-refractivity contribution in [1.82, 2.24) is 9.88 Å². The Labute approximate surface area is 186 Å². The van der Waals surface area contributed by atoms with Gasteiger partial charge in [-0.05, 0) is 38.4 Å². The highest BCUT2D eigenvalue weighted by Crippen LogP contribution is 2.35. The van der Waals surface area contributed by atoms with Gasteiger partial charge in [0.15, 0.2) is 15.0 Å². The second kappa shape index (κ2) is 9.74. The van der Waals surface area contributed by atoms with E-state index in [0.717, 1.165) is 11.0 Å². The highest BCUT2D eigenvalue weighted by atomic mass is 35.5. The number of para-hydroxylation sites is 1. The Hall–Kier alpha value is -2.20. The molecule has 0 atom stereocenters. The summed E-state index contributed by atoms with van der Waals surface area (Å²) in [6.07, 6.45) is 1.10. The molecule has 0 N–H and O–H groups in total. The number of thiazole rings is 1. The highest BCUT2D eigenvalue weighted by molar-refractivity contribution is 7.90. The van der Waals surface area contributed by atoms with Crippen LogP contribution in [0.3, 0.4) is 0 Å². The maximum Gasteiger partial charge on any atom is 0.261 e. The molecule has 2 aromatic carbocycles. The average Bonchev–Trinajstić information content (AvgIpc) is 3.11. The maximum atomic E-state index is 13.4. The lowest BCUT2D eigenvalue weighted by Gasteiger charge is -2.22. The van der Waals surface area contributed by atoms with Crippen LogP contribution in [0.5, 0.6) is 5.75 Å². The molecular weight excluding hydrogens is 446 g/mol. The number of sulfone groups is 1. The molecule has 0 unspecified atom stereocenters. The number of ether oxygens (including phenoxy) is 1. The van der Waals surface area contributed by atoms with Crippen molar-refractivity contribution in [3.05, 3.63) is 48.0 Å². The fourth-order valence-corrected chi connectivity index (χ4v) is 4.78. The normalized spacial score (nSPS) is 11.4. The molecule has 1 heterocycles. The van der Waals surface area contributed by atoms with Crippen molar-refractivity contribution in [2.45, 2.75) is 4.90 Å². The molecule has 0 spiro atoms. The van der Waals surface area contributed by atoms with E-state index in [0.29, 0.717) is 29.5 Å². The third kappa shape index (κ3) is 5.10. The number of aromatic nitrogens is 1. The maximum absolute atomic E-state index is 13.4. The number of methoxy groups -OCH3 is 1. The second-order valence-corrected chi connectivity index (χ2v) is 9.83. The van der Waals surface area contributed by atoms with Crippen molar-refractivity contribution in [1.29, 1.82) is 0 Å². The molecule has 0 bridgehead atoms. The van der Waals surface area contributed by atoms with E-state index >= 15 is 0 Å². The van der Waals surface area contributed by atoms with E-state index in [1.807, 2.05) is 37.2 Å². The molecule has 10 heteroatoms. The summed E-state index contributed by atoms with van der Waals surface area (Å²) < 4.78 is 30.7. The number of likely N-dealkylation sites (N-methyl/N-ethyl adjacent to an activating group) is 1. The summed E-state index contributed by atoms with van der Waals surface area (Å²) >= 11 is 1.37. The first-order chi connectivity index (χ1) is 13.7. The highest BCUT2D eigenvalue weighted by Gasteiger charge is 2.26. The number of benzene rings is 2. The Morgan fingerprint density at radius 1 is 1.10 bits per heavy atom. The molecular formula is C20H24ClN3O4S2. The van der Waals surface area contributed by atoms with Gasteiger partial charge >= 0.3 is 0 Å². The molecule has 0 aliphatic rings. The van der Waals surface area contributed by atoms with Crippen LogP contribution in [0.15, 0.2) is 47.4 Å². The Morgan fingerprint density at radius 3 is 2.43 bits per heavy atom. The minimum atomic E-state index is -3.56. The van der Waals surface area contributed by atoms with Crippen LogP contribution >= 0.6 is 23.7 Å². The minimum absolute atomic E-state index is 0. The van der Waals surface area contributed by atoms with Crippen LogP contribution < -0.4 is 9.64 Å². The summed E-state index contributed by atoms with van der Waals surface area (Å²) in [6, 6.07) is 11.9. The van der Waals surface area contributed by atoms with Gasteiger partial charge in [-0.15, -0.1) is 12.4 Å². The number of rotatable bonds is 7. The fourth-order valence-electron chi connectivity index (χ4n) is 2.89. The van der Waals surface area contributed by atoms with Crippen LogP contribution in [0.1, 0.15) is 10.4 Å². The molecule has 0 saturated heterocycles. The average molecular weight is 470 g/mol. The minimum Gasteiger partial charge on any atom is -0.494 e. The van der Waals surface area contributed by atoms with Crippen LogP contribution in [0, 0.1) is 0 Å². The van der Waals surface area contributed by atoms with Crippen LogP contribution in [0.2, 0.25) is 0 Å². The molecule has 7 nitrogen and oxygen atoms in total. The summed E-state index contributed by atoms with van der Waals surface area (Å²) in [5.41, 5.74) is 0.814. The monoisotopic (exact) mass is 469 g/mol. The number of amides is 1. The zero-order valence-electron chi connectivity index (χ0n) is 17.2. The predicted molar refractivity (Wildman–Crippen MR) is 123 cm³/mol. The summed E-state index contributed by atoms with van der Waals surface area (Å²) in [7, 11) is 1.84. The van der Waals surface area contributed by atoms with Gasteiger partial charge in [-0.3, -0.25) is 9.69 Å². The van der Waals surface area contributed by atoms with Crippen molar-refractivity contribution in [2.24, 2.45) is 0 Å². The molecule has 162 valence electrons. The predicted octanol–water partition coefficient (Wildman–Crippen LogP) is 3.34. The Morgan fingerprint density at radius 2 is 1.80 bits per heavy atom. The summed E-state index contributed by atoms with van der Waals surface area (Å²) in [5.74, 6) is 0.229. The van der Waals surface area contributed by atoms with Gasteiger partial charge in [0.05, 0.1) is 22.3 Å². The van der Waals surface area contributed by atoms with Crippen LogP contribution in [0.4, 0.5) is 5.13 Å². The van der Waals surface area contributed by atoms with Gasteiger partial charge in [-0.1, -0.05) is 29.5 Å². The first-order valence-electron chi connectivity index (χ1n) is 8.91. The summed E-state index contributed by atoms with van der Waals surface area (Å²) in [4.78, 5) is 21.6. The lowest BCUT2D eigenvalue weighted by Crippen LogP contribution is -2.37. The second-order valence-electron chi connectivity index (χ2n) is 6.83. The third-order valence-electron chi connectivity index (χ3n) is 4.35. The Bertz CT molecular complexity index is 1150. The molecule has 3 rings (SSSR count). The van der Waals surface area contributed by atoms with Gasteiger partial charge in [0.25, 0.3) is 5.91 Å². The third-order valence-corrected chi connectivity index (χ3v) is 6.55. The van der Waals surface area contributed by atoms with Gasteiger partial charge in [0.2, 0.25) is 0 Å². The van der Waals surface area contributed by atoms with E-state index in [9.17, 15) is 13.2 Å². The molecule has 30 heavy (non-hydrogen) atoms. The Balaban J connectivity index is 0.00000320.